The van der Waals surface area contributed by atoms with Gasteiger partial charge in [0.2, 0.25) is 0 Å². The molecule has 7 heteroatoms. The summed E-state index contributed by atoms with van der Waals surface area (Å²) in [5.74, 6) is 0.904. The van der Waals surface area contributed by atoms with E-state index in [9.17, 15) is 4.79 Å². The van der Waals surface area contributed by atoms with Gasteiger partial charge in [0.1, 0.15) is 5.69 Å². The minimum absolute atomic E-state index is 0.0886. The molecule has 0 N–H and O–H groups in total. The second kappa shape index (κ2) is 6.92. The standard InChI is InChI=1S/C18H23N5O2/c1-13-4-21-17(6-20-13)18(24)22-7-15(11-25-10-14-2-3-14)8-23-12-19-5-16(23)9-22/h4-6,12,14-15H,2-3,7-11H2,1H3/t15-/m1/s1. The van der Waals surface area contributed by atoms with Crippen LogP contribution >= 0.6 is 0 Å². The monoisotopic (exact) mass is 341 g/mol. The van der Waals surface area contributed by atoms with E-state index in [2.05, 4.69) is 19.5 Å². The van der Waals surface area contributed by atoms with Gasteiger partial charge in [0, 0.05) is 38.0 Å². The fourth-order valence-electron chi connectivity index (χ4n) is 3.16. The molecular formula is C18H23N5O2. The molecule has 132 valence electrons. The lowest BCUT2D eigenvalue weighted by molar-refractivity contribution is 0.0567. The minimum atomic E-state index is -0.0886. The van der Waals surface area contributed by atoms with Crippen molar-refractivity contribution in [2.45, 2.75) is 32.9 Å². The molecule has 1 amide bonds. The zero-order valence-corrected chi connectivity index (χ0v) is 14.5. The van der Waals surface area contributed by atoms with Crippen molar-refractivity contribution in [1.82, 2.24) is 24.4 Å². The molecule has 4 rings (SSSR count). The minimum Gasteiger partial charge on any atom is -0.381 e. The topological polar surface area (TPSA) is 73.1 Å². The summed E-state index contributed by atoms with van der Waals surface area (Å²) in [5.41, 5.74) is 2.23. The second-order valence-electron chi connectivity index (χ2n) is 7.11. The van der Waals surface area contributed by atoms with Gasteiger partial charge in [0.25, 0.3) is 5.91 Å². The molecule has 1 aliphatic heterocycles. The molecular weight excluding hydrogens is 318 g/mol. The molecule has 1 atom stereocenters. The van der Waals surface area contributed by atoms with E-state index in [4.69, 9.17) is 4.74 Å². The van der Waals surface area contributed by atoms with Gasteiger partial charge in [-0.2, -0.15) is 0 Å². The number of fused-ring (bicyclic) bond motifs is 1. The lowest BCUT2D eigenvalue weighted by atomic mass is 10.1. The zero-order valence-electron chi connectivity index (χ0n) is 14.5. The Hall–Kier alpha value is -2.28. The lowest BCUT2D eigenvalue weighted by Crippen LogP contribution is -2.36. The summed E-state index contributed by atoms with van der Waals surface area (Å²) in [6.07, 6.45) is 9.42. The van der Waals surface area contributed by atoms with Gasteiger partial charge in [-0.3, -0.25) is 9.78 Å². The van der Waals surface area contributed by atoms with E-state index in [1.165, 1.54) is 12.8 Å². The van der Waals surface area contributed by atoms with Crippen LogP contribution in [-0.2, 0) is 17.8 Å². The average Bonchev–Trinajstić information content (AvgIpc) is 3.37. The van der Waals surface area contributed by atoms with Crippen molar-refractivity contribution in [3.8, 4) is 0 Å². The highest BCUT2D eigenvalue weighted by molar-refractivity contribution is 5.92. The number of nitrogens with zero attached hydrogens (tertiary/aromatic N) is 5. The third-order valence-corrected chi connectivity index (χ3v) is 4.78. The largest absolute Gasteiger partial charge is 0.381 e. The molecule has 1 aliphatic carbocycles. The third-order valence-electron chi connectivity index (χ3n) is 4.78. The molecule has 25 heavy (non-hydrogen) atoms. The molecule has 0 bridgehead atoms. The van der Waals surface area contributed by atoms with Gasteiger partial charge in [-0.15, -0.1) is 0 Å². The van der Waals surface area contributed by atoms with Gasteiger partial charge < -0.3 is 14.2 Å². The molecule has 0 aromatic carbocycles. The smallest absolute Gasteiger partial charge is 0.274 e. The van der Waals surface area contributed by atoms with Crippen LogP contribution in [0, 0.1) is 18.8 Å². The molecule has 0 spiro atoms. The van der Waals surface area contributed by atoms with E-state index in [1.54, 1.807) is 12.4 Å². The van der Waals surface area contributed by atoms with Crippen molar-refractivity contribution < 1.29 is 9.53 Å². The van der Waals surface area contributed by atoms with Crippen LogP contribution < -0.4 is 0 Å². The SMILES string of the molecule is Cc1cnc(C(=O)N2Cc3cncn3C[C@H](COCC3CC3)C2)cn1. The molecule has 3 heterocycles. The summed E-state index contributed by atoms with van der Waals surface area (Å²) in [4.78, 5) is 27.4. The zero-order chi connectivity index (χ0) is 17.2. The van der Waals surface area contributed by atoms with Gasteiger partial charge in [0.05, 0.1) is 37.1 Å². The molecule has 0 saturated heterocycles. The number of ether oxygens (including phenoxy) is 1. The Morgan fingerprint density at radius 1 is 1.16 bits per heavy atom. The van der Waals surface area contributed by atoms with Crippen molar-refractivity contribution in [2.75, 3.05) is 19.8 Å². The highest BCUT2D eigenvalue weighted by Crippen LogP contribution is 2.29. The Morgan fingerprint density at radius 3 is 2.76 bits per heavy atom. The maximum atomic E-state index is 12.9. The first-order valence-electron chi connectivity index (χ1n) is 8.83. The normalized spacial score (nSPS) is 20.2. The van der Waals surface area contributed by atoms with Crippen LogP contribution in [0.1, 0.15) is 34.7 Å². The van der Waals surface area contributed by atoms with Gasteiger partial charge in [0.15, 0.2) is 0 Å². The van der Waals surface area contributed by atoms with Crippen molar-refractivity contribution in [3.05, 3.63) is 42.0 Å². The summed E-state index contributed by atoms with van der Waals surface area (Å²) in [6, 6.07) is 0. The molecule has 7 nitrogen and oxygen atoms in total. The van der Waals surface area contributed by atoms with Crippen LogP contribution in [0.3, 0.4) is 0 Å². The fraction of sp³-hybridized carbons (Fsp3) is 0.556. The highest BCUT2D eigenvalue weighted by Gasteiger charge is 2.28. The fourth-order valence-corrected chi connectivity index (χ4v) is 3.16. The Balaban J connectivity index is 1.49. The molecule has 0 unspecified atom stereocenters. The van der Waals surface area contributed by atoms with Gasteiger partial charge in [-0.25, -0.2) is 9.97 Å². The highest BCUT2D eigenvalue weighted by atomic mass is 16.5. The van der Waals surface area contributed by atoms with Gasteiger partial charge in [-0.1, -0.05) is 0 Å². The van der Waals surface area contributed by atoms with E-state index in [0.717, 1.165) is 30.5 Å². The van der Waals surface area contributed by atoms with E-state index in [1.807, 2.05) is 24.3 Å². The number of aromatic nitrogens is 4. The Morgan fingerprint density at radius 2 is 2.00 bits per heavy atom. The van der Waals surface area contributed by atoms with Gasteiger partial charge >= 0.3 is 0 Å². The van der Waals surface area contributed by atoms with E-state index in [-0.39, 0.29) is 11.8 Å². The van der Waals surface area contributed by atoms with Crippen LogP contribution in [0.2, 0.25) is 0 Å². The Kier molecular flexibility index (Phi) is 4.48. The van der Waals surface area contributed by atoms with Crippen molar-refractivity contribution >= 4 is 5.91 Å². The average molecular weight is 341 g/mol. The summed E-state index contributed by atoms with van der Waals surface area (Å²) < 4.78 is 8.02. The van der Waals surface area contributed by atoms with Crippen LogP contribution in [-0.4, -0.2) is 50.1 Å². The maximum absolute atomic E-state index is 12.9. The van der Waals surface area contributed by atoms with Crippen molar-refractivity contribution in [3.63, 3.8) is 0 Å². The molecule has 0 radical (unpaired) electrons. The first-order chi connectivity index (χ1) is 12.2. The Bertz CT molecular complexity index is 738. The predicted molar refractivity (Wildman–Crippen MR) is 90.8 cm³/mol. The summed E-state index contributed by atoms with van der Waals surface area (Å²) in [5, 5.41) is 0. The van der Waals surface area contributed by atoms with Crippen molar-refractivity contribution in [2.24, 2.45) is 11.8 Å². The first kappa shape index (κ1) is 16.2. The number of amides is 1. The molecule has 2 aromatic rings. The predicted octanol–water partition coefficient (Wildman–Crippen LogP) is 1.68. The van der Waals surface area contributed by atoms with Crippen molar-refractivity contribution in [1.29, 1.82) is 0 Å². The van der Waals surface area contributed by atoms with Crippen LogP contribution in [0.25, 0.3) is 0 Å². The number of hydrogen-bond acceptors (Lipinski definition) is 5. The summed E-state index contributed by atoms with van der Waals surface area (Å²) in [7, 11) is 0. The Labute approximate surface area is 147 Å². The van der Waals surface area contributed by atoms with Crippen LogP contribution in [0.4, 0.5) is 0 Å². The van der Waals surface area contributed by atoms with Crippen LogP contribution in [0.5, 0.6) is 0 Å². The lowest BCUT2D eigenvalue weighted by Gasteiger charge is -2.23. The number of imidazole rings is 1. The molecule has 1 saturated carbocycles. The van der Waals surface area contributed by atoms with E-state index in [0.29, 0.717) is 25.4 Å². The molecule has 1 fully saturated rings. The third kappa shape index (κ3) is 3.87. The van der Waals surface area contributed by atoms with Gasteiger partial charge in [-0.05, 0) is 25.7 Å². The van der Waals surface area contributed by atoms with E-state index >= 15 is 0 Å². The quantitative estimate of drug-likeness (QED) is 0.827. The number of carbonyl (C=O) groups is 1. The molecule has 2 aliphatic rings. The number of hydrogen-bond donors (Lipinski definition) is 0. The summed E-state index contributed by atoms with van der Waals surface area (Å²) in [6.45, 7) is 5.37. The first-order valence-corrected chi connectivity index (χ1v) is 8.83. The van der Waals surface area contributed by atoms with Crippen LogP contribution in [0.15, 0.2) is 24.9 Å². The molecule has 2 aromatic heterocycles. The maximum Gasteiger partial charge on any atom is 0.274 e. The number of aryl methyl sites for hydroxylation is 1. The number of carbonyl (C=O) groups excluding carboxylic acids is 1. The van der Waals surface area contributed by atoms with E-state index < -0.39 is 0 Å². The second-order valence-corrected chi connectivity index (χ2v) is 7.11. The number of rotatable bonds is 5. The summed E-state index contributed by atoms with van der Waals surface area (Å²) >= 11 is 0.